The molecule has 6 nitrogen and oxygen atoms in total. The molecule has 0 aliphatic heterocycles. The van der Waals surface area contributed by atoms with Gasteiger partial charge in [-0.1, -0.05) is 0 Å². The number of likely N-dealkylation sites (N-methyl/N-ethyl adjacent to an activating group) is 2. The van der Waals surface area contributed by atoms with E-state index in [2.05, 4.69) is 20.2 Å². The first-order chi connectivity index (χ1) is 11.7. The van der Waals surface area contributed by atoms with E-state index in [4.69, 9.17) is 4.74 Å². The highest BCUT2D eigenvalue weighted by Crippen LogP contribution is 2.20. The number of esters is 1. The van der Waals surface area contributed by atoms with Crippen molar-refractivity contribution in [3.63, 3.8) is 0 Å². The molecule has 6 heteroatoms. The summed E-state index contributed by atoms with van der Waals surface area (Å²) in [6, 6.07) is 7.94. The molecule has 2 aromatic heterocycles. The number of aromatic nitrogens is 2. The lowest BCUT2D eigenvalue weighted by Crippen LogP contribution is -2.60. The molecule has 0 aromatic carbocycles. The molecule has 138 valence electrons. The van der Waals surface area contributed by atoms with Crippen LogP contribution in [-0.4, -0.2) is 52.6 Å². The van der Waals surface area contributed by atoms with Crippen molar-refractivity contribution >= 4 is 5.97 Å². The standard InChI is InChI=1S/C19H30N4O2/c1-18(2,3)25-17(24)19(20-4,12-15-8-6-10-21-15)14-23(5)13-16-9-7-11-22-16/h6-11,20-22H,12-14H2,1-5H3. The molecular formula is C19H30N4O2. The van der Waals surface area contributed by atoms with Gasteiger partial charge in [-0.15, -0.1) is 0 Å². The number of ether oxygens (including phenoxy) is 1. The zero-order valence-electron chi connectivity index (χ0n) is 15.8. The summed E-state index contributed by atoms with van der Waals surface area (Å²) < 4.78 is 5.73. The molecule has 25 heavy (non-hydrogen) atoms. The van der Waals surface area contributed by atoms with Crippen LogP contribution in [0.3, 0.4) is 0 Å². The molecule has 0 spiro atoms. The van der Waals surface area contributed by atoms with Crippen LogP contribution in [-0.2, 0) is 22.5 Å². The van der Waals surface area contributed by atoms with Crippen molar-refractivity contribution in [1.29, 1.82) is 0 Å². The average Bonchev–Trinajstić information content (AvgIpc) is 3.18. The zero-order valence-corrected chi connectivity index (χ0v) is 15.8. The molecule has 1 atom stereocenters. The molecule has 1 unspecified atom stereocenters. The second kappa shape index (κ2) is 7.89. The van der Waals surface area contributed by atoms with Crippen molar-refractivity contribution in [2.45, 2.75) is 44.9 Å². The minimum Gasteiger partial charge on any atom is -0.459 e. The lowest BCUT2D eigenvalue weighted by molar-refractivity contribution is -0.164. The van der Waals surface area contributed by atoms with Crippen LogP contribution in [0, 0.1) is 0 Å². The van der Waals surface area contributed by atoms with E-state index in [1.807, 2.05) is 71.5 Å². The third kappa shape index (κ3) is 5.47. The fourth-order valence-corrected chi connectivity index (χ4v) is 2.91. The van der Waals surface area contributed by atoms with Crippen LogP contribution in [0.15, 0.2) is 36.7 Å². The van der Waals surface area contributed by atoms with E-state index in [0.29, 0.717) is 13.0 Å². The van der Waals surface area contributed by atoms with Gasteiger partial charge in [-0.05, 0) is 59.1 Å². The summed E-state index contributed by atoms with van der Waals surface area (Å²) in [6.07, 6.45) is 4.30. The van der Waals surface area contributed by atoms with E-state index < -0.39 is 11.1 Å². The van der Waals surface area contributed by atoms with Gasteiger partial charge in [0.05, 0.1) is 0 Å². The lowest BCUT2D eigenvalue weighted by Gasteiger charge is -2.37. The largest absolute Gasteiger partial charge is 0.459 e. The quantitative estimate of drug-likeness (QED) is 0.642. The highest BCUT2D eigenvalue weighted by Gasteiger charge is 2.41. The number of hydrogen-bond donors (Lipinski definition) is 3. The fourth-order valence-electron chi connectivity index (χ4n) is 2.91. The Morgan fingerprint density at radius 2 is 1.76 bits per heavy atom. The SMILES string of the molecule is CNC(Cc1ccc[nH]1)(CN(C)Cc1ccc[nH]1)C(=O)OC(C)(C)C. The Kier molecular flexibility index (Phi) is 6.08. The van der Waals surface area contributed by atoms with Crippen LogP contribution in [0.5, 0.6) is 0 Å². The lowest BCUT2D eigenvalue weighted by atomic mass is 9.92. The summed E-state index contributed by atoms with van der Waals surface area (Å²) in [7, 11) is 3.82. The Balaban J connectivity index is 2.21. The van der Waals surface area contributed by atoms with Gasteiger partial charge in [-0.3, -0.25) is 4.90 Å². The van der Waals surface area contributed by atoms with Gasteiger partial charge in [0.15, 0.2) is 0 Å². The topological polar surface area (TPSA) is 73.2 Å². The van der Waals surface area contributed by atoms with E-state index in [1.54, 1.807) is 0 Å². The summed E-state index contributed by atoms with van der Waals surface area (Å²) >= 11 is 0. The predicted molar refractivity (Wildman–Crippen MR) is 99.3 cm³/mol. The Labute approximate surface area is 150 Å². The molecule has 2 rings (SSSR count). The first-order valence-electron chi connectivity index (χ1n) is 8.59. The number of nitrogens with zero attached hydrogens (tertiary/aromatic N) is 1. The number of H-pyrrole nitrogens is 2. The van der Waals surface area contributed by atoms with Gasteiger partial charge >= 0.3 is 5.97 Å². The maximum Gasteiger partial charge on any atom is 0.328 e. The van der Waals surface area contributed by atoms with Gasteiger partial charge in [0.2, 0.25) is 0 Å². The summed E-state index contributed by atoms with van der Waals surface area (Å²) in [4.78, 5) is 21.6. The Hall–Kier alpha value is -2.05. The summed E-state index contributed by atoms with van der Waals surface area (Å²) in [5, 5.41) is 3.24. The van der Waals surface area contributed by atoms with Gasteiger partial charge in [-0.2, -0.15) is 0 Å². The number of carbonyl (C=O) groups excluding carboxylic acids is 1. The second-order valence-electron chi connectivity index (χ2n) is 7.57. The number of nitrogens with one attached hydrogen (secondary N) is 3. The van der Waals surface area contributed by atoms with Gasteiger partial charge in [-0.25, -0.2) is 4.79 Å². The predicted octanol–water partition coefficient (Wildman–Crippen LogP) is 2.32. The minimum absolute atomic E-state index is 0.240. The average molecular weight is 346 g/mol. The molecule has 0 saturated heterocycles. The Morgan fingerprint density at radius 3 is 2.24 bits per heavy atom. The van der Waals surface area contributed by atoms with Crippen molar-refractivity contribution in [1.82, 2.24) is 20.2 Å². The third-order valence-corrected chi connectivity index (χ3v) is 4.07. The van der Waals surface area contributed by atoms with Crippen molar-refractivity contribution in [2.75, 3.05) is 20.6 Å². The molecule has 2 heterocycles. The fraction of sp³-hybridized carbons (Fsp3) is 0.526. The third-order valence-electron chi connectivity index (χ3n) is 4.07. The van der Waals surface area contributed by atoms with E-state index in [0.717, 1.165) is 17.9 Å². The Bertz CT molecular complexity index is 644. The maximum absolute atomic E-state index is 13.0. The molecule has 0 saturated carbocycles. The molecule has 0 radical (unpaired) electrons. The highest BCUT2D eigenvalue weighted by atomic mass is 16.6. The van der Waals surface area contributed by atoms with Crippen LogP contribution >= 0.6 is 0 Å². The van der Waals surface area contributed by atoms with Crippen molar-refractivity contribution in [3.05, 3.63) is 48.0 Å². The van der Waals surface area contributed by atoms with Gasteiger partial charge in [0, 0.05) is 43.3 Å². The number of aromatic amines is 2. The van der Waals surface area contributed by atoms with Crippen molar-refractivity contribution in [2.24, 2.45) is 0 Å². The van der Waals surface area contributed by atoms with Crippen LogP contribution in [0.4, 0.5) is 0 Å². The van der Waals surface area contributed by atoms with Crippen LogP contribution in [0.1, 0.15) is 32.2 Å². The normalized spacial score (nSPS) is 14.5. The first-order valence-corrected chi connectivity index (χ1v) is 8.59. The smallest absolute Gasteiger partial charge is 0.328 e. The minimum atomic E-state index is -0.834. The van der Waals surface area contributed by atoms with Gasteiger partial charge < -0.3 is 20.0 Å². The van der Waals surface area contributed by atoms with E-state index in [-0.39, 0.29) is 5.97 Å². The molecule has 0 fully saturated rings. The summed E-state index contributed by atoms with van der Waals surface area (Å²) in [5.41, 5.74) is 0.733. The molecule has 3 N–H and O–H groups in total. The molecule has 0 bridgehead atoms. The monoisotopic (exact) mass is 346 g/mol. The van der Waals surface area contributed by atoms with E-state index >= 15 is 0 Å². The van der Waals surface area contributed by atoms with Crippen molar-refractivity contribution in [3.8, 4) is 0 Å². The van der Waals surface area contributed by atoms with Crippen LogP contribution in [0.2, 0.25) is 0 Å². The molecule has 0 aliphatic carbocycles. The number of rotatable bonds is 8. The molecule has 2 aromatic rings. The summed E-state index contributed by atoms with van der Waals surface area (Å²) in [5.74, 6) is -0.240. The maximum atomic E-state index is 13.0. The van der Waals surface area contributed by atoms with Crippen molar-refractivity contribution < 1.29 is 9.53 Å². The van der Waals surface area contributed by atoms with E-state index in [9.17, 15) is 4.79 Å². The number of hydrogen-bond acceptors (Lipinski definition) is 4. The Morgan fingerprint density at radius 1 is 1.16 bits per heavy atom. The van der Waals surface area contributed by atoms with Crippen LogP contribution < -0.4 is 5.32 Å². The number of carbonyl (C=O) groups is 1. The second-order valence-corrected chi connectivity index (χ2v) is 7.57. The van der Waals surface area contributed by atoms with E-state index in [1.165, 1.54) is 0 Å². The zero-order chi connectivity index (χ0) is 18.5. The van der Waals surface area contributed by atoms with Gasteiger partial charge in [0.25, 0.3) is 0 Å². The molecule has 0 aliphatic rings. The van der Waals surface area contributed by atoms with Gasteiger partial charge in [0.1, 0.15) is 11.1 Å². The molecular weight excluding hydrogens is 316 g/mol. The summed E-state index contributed by atoms with van der Waals surface area (Å²) in [6.45, 7) is 6.92. The van der Waals surface area contributed by atoms with Crippen LogP contribution in [0.25, 0.3) is 0 Å². The highest BCUT2D eigenvalue weighted by molar-refractivity contribution is 5.82. The first kappa shape index (κ1) is 19.3. The molecule has 0 amide bonds.